The van der Waals surface area contributed by atoms with Crippen molar-refractivity contribution in [2.75, 3.05) is 6.54 Å². The Morgan fingerprint density at radius 3 is 2.77 bits per heavy atom. The average molecular weight is 570 g/mol. The quantitative estimate of drug-likeness (QED) is 0.593. The first-order valence-electron chi connectivity index (χ1n) is 11.5. The average Bonchev–Trinajstić information content (AvgIpc) is 3.35. The second-order valence-electron chi connectivity index (χ2n) is 9.67. The van der Waals surface area contributed by atoms with Gasteiger partial charge < -0.3 is 5.32 Å². The van der Waals surface area contributed by atoms with E-state index in [1.807, 2.05) is 13.0 Å². The zero-order valence-electron chi connectivity index (χ0n) is 18.7. The van der Waals surface area contributed by atoms with Crippen LogP contribution in [0.3, 0.4) is 0 Å². The second-order valence-corrected chi connectivity index (χ2v) is 13.7. The predicted molar refractivity (Wildman–Crippen MR) is 137 cm³/mol. The fourth-order valence-corrected chi connectivity index (χ4v) is 9.71. The molecule has 4 heterocycles. The van der Waals surface area contributed by atoms with Crippen LogP contribution < -0.4 is 5.32 Å². The number of ketones is 2. The van der Waals surface area contributed by atoms with E-state index in [-0.39, 0.29) is 32.8 Å². The van der Waals surface area contributed by atoms with Gasteiger partial charge in [-0.1, -0.05) is 23.8 Å². The van der Waals surface area contributed by atoms with Crippen LogP contribution in [0, 0.1) is 12.3 Å². The molecule has 1 fully saturated rings. The number of Topliss-reactive ketones (excluding diaryl/α,β-unsaturated/α-hetero) is 2. The number of aryl methyl sites for hydroxylation is 1. The van der Waals surface area contributed by atoms with Gasteiger partial charge in [0.2, 0.25) is 5.78 Å². The largest absolute Gasteiger partial charge is 0.384 e. The molecule has 7 nitrogen and oxygen atoms in total. The lowest BCUT2D eigenvalue weighted by Crippen LogP contribution is -2.46. The summed E-state index contributed by atoms with van der Waals surface area (Å²) in [5.41, 5.74) is 4.03. The Hall–Kier alpha value is -2.43. The third kappa shape index (κ3) is 2.78. The number of aliphatic imine (C=N–C) groups is 1. The number of carbonyl (C=O) groups is 2. The number of carbonyl (C=O) groups excluding carboxylic acids is 2. The van der Waals surface area contributed by atoms with Crippen LogP contribution in [0.15, 0.2) is 56.5 Å². The number of hydrogen-bond donors (Lipinski definition) is 1. The van der Waals surface area contributed by atoms with E-state index in [4.69, 9.17) is 4.99 Å². The van der Waals surface area contributed by atoms with Crippen LogP contribution in [-0.2, 0) is 21.2 Å². The standard InChI is InChI=1S/C25H20BrN3O4S2/c1-12-2-4-14(5-3-12)35(32,33)29-11-13-6-7-27-21-19(13)23(29)24(31)22-20(21)25-9-15(26)16(30)8-17(25)34-18(10-25)28-22/h2-5,9,11,17-18,27H,6-8,10H2,1H3/t17-,18-,25-/m0/s1. The van der Waals surface area contributed by atoms with Crippen molar-refractivity contribution in [3.8, 4) is 0 Å². The van der Waals surface area contributed by atoms with Crippen LogP contribution in [0.25, 0.3) is 5.70 Å². The summed E-state index contributed by atoms with van der Waals surface area (Å²) in [6.07, 6.45) is 5.29. The van der Waals surface area contributed by atoms with E-state index in [0.29, 0.717) is 35.1 Å². The number of nitrogens with one attached hydrogen (secondary N) is 1. The summed E-state index contributed by atoms with van der Waals surface area (Å²) in [6.45, 7) is 2.52. The summed E-state index contributed by atoms with van der Waals surface area (Å²) in [4.78, 5) is 31.5. The SMILES string of the molecule is Cc1ccc(S(=O)(=O)n2cc3c4c2C(=O)C2=N[C@@H]5C[C@]6(C=C(Br)C(=O)C[C@@H]6S5)C2=C4NCC3)cc1. The van der Waals surface area contributed by atoms with E-state index in [9.17, 15) is 18.0 Å². The molecule has 35 heavy (non-hydrogen) atoms. The van der Waals surface area contributed by atoms with Crippen molar-refractivity contribution in [2.24, 2.45) is 10.4 Å². The Kier molecular flexibility index (Phi) is 4.41. The molecule has 7 rings (SSSR count). The summed E-state index contributed by atoms with van der Waals surface area (Å²) in [7, 11) is -3.98. The van der Waals surface area contributed by atoms with Crippen molar-refractivity contribution in [1.29, 1.82) is 0 Å². The minimum Gasteiger partial charge on any atom is -0.384 e. The highest BCUT2D eigenvalue weighted by atomic mass is 79.9. The van der Waals surface area contributed by atoms with Gasteiger partial charge in [0.05, 0.1) is 20.4 Å². The first-order chi connectivity index (χ1) is 16.7. The molecule has 0 amide bonds. The highest BCUT2D eigenvalue weighted by Crippen LogP contribution is 2.62. The van der Waals surface area contributed by atoms with Crippen LogP contribution >= 0.6 is 27.7 Å². The number of rotatable bonds is 2. The number of nitrogens with zero attached hydrogens (tertiary/aromatic N) is 2. The van der Waals surface area contributed by atoms with Crippen molar-refractivity contribution < 1.29 is 18.0 Å². The van der Waals surface area contributed by atoms with Crippen molar-refractivity contribution in [3.63, 3.8) is 0 Å². The zero-order valence-corrected chi connectivity index (χ0v) is 21.9. The molecule has 10 heteroatoms. The molecular weight excluding hydrogens is 550 g/mol. The first-order valence-corrected chi connectivity index (χ1v) is 14.6. The molecule has 2 bridgehead atoms. The lowest BCUT2D eigenvalue weighted by atomic mass is 9.64. The van der Waals surface area contributed by atoms with Crippen LogP contribution in [-0.4, -0.2) is 46.8 Å². The maximum Gasteiger partial charge on any atom is 0.268 e. The Bertz CT molecular complexity index is 1580. The van der Waals surface area contributed by atoms with Crippen LogP contribution in [0.1, 0.15) is 40.0 Å². The predicted octanol–water partition coefficient (Wildman–Crippen LogP) is 3.61. The third-order valence-electron chi connectivity index (χ3n) is 7.66. The van der Waals surface area contributed by atoms with E-state index in [0.717, 1.165) is 32.8 Å². The van der Waals surface area contributed by atoms with Gasteiger partial charge in [0.15, 0.2) is 5.78 Å². The summed E-state index contributed by atoms with van der Waals surface area (Å²) >= 11 is 5.10. The van der Waals surface area contributed by atoms with Crippen molar-refractivity contribution >= 4 is 60.7 Å². The molecule has 0 saturated carbocycles. The normalized spacial score (nSPS) is 28.6. The number of allylic oxidation sites excluding steroid dienone is 3. The number of thioether (sulfide) groups is 1. The smallest absolute Gasteiger partial charge is 0.268 e. The fraction of sp³-hybridized carbons (Fsp3) is 0.320. The molecule has 1 aromatic carbocycles. The molecule has 1 N–H and O–H groups in total. The molecule has 178 valence electrons. The van der Waals surface area contributed by atoms with Gasteiger partial charge in [-0.15, -0.1) is 11.8 Å². The Balaban J connectivity index is 1.51. The molecule has 1 spiro atoms. The minimum absolute atomic E-state index is 0.00930. The van der Waals surface area contributed by atoms with E-state index in [2.05, 4.69) is 21.2 Å². The van der Waals surface area contributed by atoms with E-state index < -0.39 is 15.4 Å². The number of aromatic nitrogens is 1. The summed E-state index contributed by atoms with van der Waals surface area (Å²) in [5.74, 6) is -0.306. The van der Waals surface area contributed by atoms with Crippen molar-refractivity contribution in [1.82, 2.24) is 9.29 Å². The van der Waals surface area contributed by atoms with Crippen molar-refractivity contribution in [3.05, 3.63) is 69.0 Å². The maximum absolute atomic E-state index is 14.1. The highest BCUT2D eigenvalue weighted by Gasteiger charge is 2.59. The Labute approximate surface area is 214 Å². The van der Waals surface area contributed by atoms with Gasteiger partial charge >= 0.3 is 0 Å². The van der Waals surface area contributed by atoms with E-state index in [1.54, 1.807) is 42.2 Å². The molecule has 0 radical (unpaired) electrons. The van der Waals surface area contributed by atoms with Crippen LogP contribution in [0.2, 0.25) is 0 Å². The molecule has 1 saturated heterocycles. The van der Waals surface area contributed by atoms with Gasteiger partial charge in [0, 0.05) is 41.0 Å². The zero-order chi connectivity index (χ0) is 24.3. The summed E-state index contributed by atoms with van der Waals surface area (Å²) in [6, 6.07) is 6.65. The molecule has 1 aromatic heterocycles. The number of fused-ring (bicyclic) bond motifs is 2. The Morgan fingerprint density at radius 2 is 2.00 bits per heavy atom. The summed E-state index contributed by atoms with van der Waals surface area (Å²) < 4.78 is 29.1. The van der Waals surface area contributed by atoms with E-state index in [1.165, 1.54) is 0 Å². The molecule has 3 aliphatic heterocycles. The summed E-state index contributed by atoms with van der Waals surface area (Å²) in [5, 5.41) is 3.33. The van der Waals surface area contributed by atoms with Gasteiger partial charge in [-0.2, -0.15) is 0 Å². The monoisotopic (exact) mass is 569 g/mol. The lowest BCUT2D eigenvalue weighted by Gasteiger charge is -2.42. The number of hydrogen-bond acceptors (Lipinski definition) is 7. The van der Waals surface area contributed by atoms with E-state index >= 15 is 0 Å². The highest BCUT2D eigenvalue weighted by molar-refractivity contribution is 9.12. The van der Waals surface area contributed by atoms with Gasteiger partial charge in [0.1, 0.15) is 11.4 Å². The first kappa shape index (κ1) is 21.8. The molecule has 2 aliphatic carbocycles. The molecule has 2 aromatic rings. The lowest BCUT2D eigenvalue weighted by molar-refractivity contribution is -0.115. The van der Waals surface area contributed by atoms with Gasteiger partial charge in [0.25, 0.3) is 10.0 Å². The minimum atomic E-state index is -3.98. The van der Waals surface area contributed by atoms with Crippen LogP contribution in [0.4, 0.5) is 0 Å². The maximum atomic E-state index is 14.1. The molecule has 5 aliphatic rings. The molecule has 3 atom stereocenters. The number of halogens is 1. The number of benzene rings is 1. The van der Waals surface area contributed by atoms with Crippen LogP contribution in [0.5, 0.6) is 0 Å². The molecule has 0 unspecified atom stereocenters. The van der Waals surface area contributed by atoms with Crippen molar-refractivity contribution in [2.45, 2.75) is 41.7 Å². The Morgan fingerprint density at radius 1 is 1.23 bits per heavy atom. The fourth-order valence-electron chi connectivity index (χ4n) is 6.06. The molecular formula is C25H20BrN3O4S2. The van der Waals surface area contributed by atoms with Gasteiger partial charge in [-0.05, 0) is 53.4 Å². The van der Waals surface area contributed by atoms with Gasteiger partial charge in [-0.3, -0.25) is 14.6 Å². The topological polar surface area (TPSA) is 97.6 Å². The third-order valence-corrected chi connectivity index (χ3v) is 11.5. The second kappa shape index (κ2) is 7.08. The van der Waals surface area contributed by atoms with Gasteiger partial charge in [-0.25, -0.2) is 12.4 Å².